The number of piperidine rings is 1. The standard InChI is InChI=1S/C13H17N5O2S/c1-21(19,20)18-7-4-11(5-8-18)16-13-15-9-10-3-2-6-14-12(10)17-13/h2-3,6,9,11H,4-5,7-8H2,1H3,(H,14,15,16,17). The van der Waals surface area contributed by atoms with Crippen LogP contribution in [0, 0.1) is 0 Å². The Morgan fingerprint density at radius 1 is 1.29 bits per heavy atom. The quantitative estimate of drug-likeness (QED) is 0.905. The zero-order valence-electron chi connectivity index (χ0n) is 11.7. The second-order valence-corrected chi connectivity index (χ2v) is 7.17. The van der Waals surface area contributed by atoms with E-state index in [1.54, 1.807) is 12.4 Å². The molecular formula is C13H17N5O2S. The maximum absolute atomic E-state index is 11.5. The van der Waals surface area contributed by atoms with E-state index in [0.717, 1.165) is 18.2 Å². The van der Waals surface area contributed by atoms with Crippen molar-refractivity contribution in [3.05, 3.63) is 24.5 Å². The van der Waals surface area contributed by atoms with Gasteiger partial charge in [0.25, 0.3) is 0 Å². The zero-order chi connectivity index (χ0) is 14.9. The van der Waals surface area contributed by atoms with Crippen molar-refractivity contribution in [2.75, 3.05) is 24.7 Å². The Hall–Kier alpha value is -1.80. The molecule has 1 N–H and O–H groups in total. The Morgan fingerprint density at radius 3 is 2.76 bits per heavy atom. The van der Waals surface area contributed by atoms with Gasteiger partial charge in [-0.1, -0.05) is 0 Å². The highest BCUT2D eigenvalue weighted by Crippen LogP contribution is 2.17. The van der Waals surface area contributed by atoms with Crippen LogP contribution >= 0.6 is 0 Å². The van der Waals surface area contributed by atoms with Crippen molar-refractivity contribution in [2.24, 2.45) is 0 Å². The molecule has 0 amide bonds. The van der Waals surface area contributed by atoms with Crippen molar-refractivity contribution in [1.82, 2.24) is 19.3 Å². The molecule has 0 aromatic carbocycles. The number of nitrogens with one attached hydrogen (secondary N) is 1. The molecule has 0 radical (unpaired) electrons. The van der Waals surface area contributed by atoms with Gasteiger partial charge in [0.1, 0.15) is 0 Å². The van der Waals surface area contributed by atoms with Gasteiger partial charge in [-0.3, -0.25) is 0 Å². The lowest BCUT2D eigenvalue weighted by molar-refractivity contribution is 0.331. The van der Waals surface area contributed by atoms with Crippen LogP contribution in [0.1, 0.15) is 12.8 Å². The highest BCUT2D eigenvalue weighted by Gasteiger charge is 2.25. The maximum atomic E-state index is 11.5. The molecular weight excluding hydrogens is 290 g/mol. The number of hydrogen-bond acceptors (Lipinski definition) is 6. The highest BCUT2D eigenvalue weighted by molar-refractivity contribution is 7.88. The molecule has 2 aromatic heterocycles. The minimum atomic E-state index is -3.09. The Kier molecular flexibility index (Phi) is 3.73. The van der Waals surface area contributed by atoms with Gasteiger partial charge in [0.15, 0.2) is 5.65 Å². The number of hydrogen-bond donors (Lipinski definition) is 1. The van der Waals surface area contributed by atoms with Crippen LogP contribution in [0.2, 0.25) is 0 Å². The molecule has 21 heavy (non-hydrogen) atoms. The Bertz CT molecular complexity index is 741. The molecule has 3 rings (SSSR count). The third kappa shape index (κ3) is 3.27. The van der Waals surface area contributed by atoms with E-state index in [4.69, 9.17) is 0 Å². The SMILES string of the molecule is CS(=O)(=O)N1CCC(Nc2ncc3cccnc3n2)CC1. The fourth-order valence-corrected chi connectivity index (χ4v) is 3.32. The average molecular weight is 307 g/mol. The van der Waals surface area contributed by atoms with E-state index in [1.807, 2.05) is 12.1 Å². The van der Waals surface area contributed by atoms with Gasteiger partial charge in [0.05, 0.1) is 6.26 Å². The second kappa shape index (κ2) is 5.53. The summed E-state index contributed by atoms with van der Waals surface area (Å²) in [6.45, 7) is 1.06. The predicted octanol–water partition coefficient (Wildman–Crippen LogP) is 0.861. The lowest BCUT2D eigenvalue weighted by Gasteiger charge is -2.30. The van der Waals surface area contributed by atoms with E-state index in [9.17, 15) is 8.42 Å². The number of rotatable bonds is 3. The normalized spacial score (nSPS) is 18.0. The van der Waals surface area contributed by atoms with Crippen LogP contribution < -0.4 is 5.32 Å². The van der Waals surface area contributed by atoms with Crippen molar-refractivity contribution in [1.29, 1.82) is 0 Å². The Labute approximate surface area is 123 Å². The lowest BCUT2D eigenvalue weighted by atomic mass is 10.1. The number of sulfonamides is 1. The van der Waals surface area contributed by atoms with Gasteiger partial charge in [-0.25, -0.2) is 22.7 Å². The smallest absolute Gasteiger partial charge is 0.224 e. The molecule has 1 aliphatic rings. The summed E-state index contributed by atoms with van der Waals surface area (Å²) >= 11 is 0. The summed E-state index contributed by atoms with van der Waals surface area (Å²) in [4.78, 5) is 12.8. The molecule has 2 aromatic rings. The van der Waals surface area contributed by atoms with Gasteiger partial charge in [0.2, 0.25) is 16.0 Å². The van der Waals surface area contributed by atoms with E-state index in [1.165, 1.54) is 10.6 Å². The minimum Gasteiger partial charge on any atom is -0.351 e. The van der Waals surface area contributed by atoms with Gasteiger partial charge in [-0.2, -0.15) is 4.98 Å². The summed E-state index contributed by atoms with van der Waals surface area (Å²) in [5, 5.41) is 4.16. The predicted molar refractivity (Wildman–Crippen MR) is 80.4 cm³/mol. The summed E-state index contributed by atoms with van der Waals surface area (Å²) < 4.78 is 24.4. The monoisotopic (exact) mass is 307 g/mol. The van der Waals surface area contributed by atoms with Crippen molar-refractivity contribution < 1.29 is 8.42 Å². The zero-order valence-corrected chi connectivity index (χ0v) is 12.5. The van der Waals surface area contributed by atoms with Crippen LogP contribution in [-0.2, 0) is 10.0 Å². The molecule has 112 valence electrons. The van der Waals surface area contributed by atoms with Gasteiger partial charge in [0, 0.05) is 36.9 Å². The Balaban J connectivity index is 1.67. The summed E-state index contributed by atoms with van der Waals surface area (Å²) in [5.41, 5.74) is 0.656. The largest absolute Gasteiger partial charge is 0.351 e. The van der Waals surface area contributed by atoms with E-state index in [2.05, 4.69) is 20.3 Å². The van der Waals surface area contributed by atoms with Crippen LogP contribution in [0.4, 0.5) is 5.95 Å². The molecule has 1 saturated heterocycles. The summed E-state index contributed by atoms with van der Waals surface area (Å²) in [6.07, 6.45) is 6.18. The number of nitrogens with zero attached hydrogens (tertiary/aromatic N) is 4. The molecule has 0 spiro atoms. The van der Waals surface area contributed by atoms with E-state index >= 15 is 0 Å². The second-order valence-electron chi connectivity index (χ2n) is 5.19. The first-order valence-electron chi connectivity index (χ1n) is 6.82. The molecule has 0 unspecified atom stereocenters. The first kappa shape index (κ1) is 14.2. The molecule has 1 aliphatic heterocycles. The molecule has 1 fully saturated rings. The molecule has 8 heteroatoms. The lowest BCUT2D eigenvalue weighted by Crippen LogP contribution is -2.42. The van der Waals surface area contributed by atoms with Crippen LogP contribution in [-0.4, -0.2) is 53.1 Å². The average Bonchev–Trinajstić information content (AvgIpc) is 2.47. The van der Waals surface area contributed by atoms with Gasteiger partial charge < -0.3 is 5.32 Å². The first-order valence-corrected chi connectivity index (χ1v) is 8.66. The van der Waals surface area contributed by atoms with Crippen molar-refractivity contribution in [2.45, 2.75) is 18.9 Å². The molecule has 7 nitrogen and oxygen atoms in total. The fraction of sp³-hybridized carbons (Fsp3) is 0.462. The fourth-order valence-electron chi connectivity index (χ4n) is 2.45. The minimum absolute atomic E-state index is 0.184. The Morgan fingerprint density at radius 2 is 2.05 bits per heavy atom. The van der Waals surface area contributed by atoms with Crippen LogP contribution in [0.15, 0.2) is 24.5 Å². The third-order valence-corrected chi connectivity index (χ3v) is 4.91. The molecule has 0 aliphatic carbocycles. The molecule has 3 heterocycles. The number of anilines is 1. The van der Waals surface area contributed by atoms with E-state index < -0.39 is 10.0 Å². The number of aromatic nitrogens is 3. The summed E-state index contributed by atoms with van der Waals surface area (Å²) in [5.74, 6) is 0.541. The van der Waals surface area contributed by atoms with Gasteiger partial charge >= 0.3 is 0 Å². The van der Waals surface area contributed by atoms with Crippen LogP contribution in [0.3, 0.4) is 0 Å². The molecule has 0 bridgehead atoms. The third-order valence-electron chi connectivity index (χ3n) is 3.61. The first-order chi connectivity index (χ1) is 10.0. The maximum Gasteiger partial charge on any atom is 0.224 e. The van der Waals surface area contributed by atoms with Crippen LogP contribution in [0.25, 0.3) is 11.0 Å². The topological polar surface area (TPSA) is 88.1 Å². The van der Waals surface area contributed by atoms with Crippen molar-refractivity contribution in [3.63, 3.8) is 0 Å². The van der Waals surface area contributed by atoms with Crippen molar-refractivity contribution in [3.8, 4) is 0 Å². The van der Waals surface area contributed by atoms with Crippen molar-refractivity contribution >= 4 is 27.0 Å². The highest BCUT2D eigenvalue weighted by atomic mass is 32.2. The van der Waals surface area contributed by atoms with E-state index in [0.29, 0.717) is 24.7 Å². The van der Waals surface area contributed by atoms with Crippen LogP contribution in [0.5, 0.6) is 0 Å². The number of pyridine rings is 1. The number of fused-ring (bicyclic) bond motifs is 1. The van der Waals surface area contributed by atoms with Gasteiger partial charge in [-0.05, 0) is 25.0 Å². The van der Waals surface area contributed by atoms with Gasteiger partial charge in [-0.15, -0.1) is 0 Å². The summed E-state index contributed by atoms with van der Waals surface area (Å²) in [6, 6.07) is 3.94. The van der Waals surface area contributed by atoms with E-state index in [-0.39, 0.29) is 6.04 Å². The molecule has 0 saturated carbocycles. The molecule has 0 atom stereocenters. The summed E-state index contributed by atoms with van der Waals surface area (Å²) in [7, 11) is -3.09.